The normalized spacial score (nSPS) is 15.8. The average molecular weight is 1590 g/mol. The molecule has 15 rings (SSSR count). The lowest BCUT2D eigenvalue weighted by molar-refractivity contribution is -0.135. The molecule has 0 bridgehead atoms. The summed E-state index contributed by atoms with van der Waals surface area (Å²) in [6.45, 7) is 13.5. The summed E-state index contributed by atoms with van der Waals surface area (Å²) in [7, 11) is -11.2. The molecule has 0 saturated carbocycles. The fourth-order valence-corrected chi connectivity index (χ4v) is 18.1. The second-order valence-electron chi connectivity index (χ2n) is 25.5. The van der Waals surface area contributed by atoms with Crippen LogP contribution in [0.4, 0.5) is 33.1 Å². The Morgan fingerprint density at radius 2 is 1.11 bits per heavy atom. The molecule has 9 heterocycles. The van der Waals surface area contributed by atoms with Crippen molar-refractivity contribution in [1.82, 2.24) is 63.5 Å². The number of nitrogens with zero attached hydrogens (tertiary/aromatic N) is 15. The van der Waals surface area contributed by atoms with Gasteiger partial charge in [0.1, 0.15) is 36.1 Å². The lowest BCUT2D eigenvalue weighted by Gasteiger charge is -2.41. The lowest BCUT2D eigenvalue weighted by atomic mass is 10.1. The molecular formula is C72H87Cl2N19O9S5. The molecule has 1 unspecified atom stereocenters. The number of aryl methyl sites for hydroxylation is 1. The minimum atomic E-state index is -3.76. The van der Waals surface area contributed by atoms with Crippen LogP contribution in [0, 0.1) is 0 Å². The van der Waals surface area contributed by atoms with Crippen molar-refractivity contribution in [1.29, 1.82) is 0 Å². The zero-order valence-electron chi connectivity index (χ0n) is 58.2. The fourth-order valence-electron chi connectivity index (χ4n) is 13.1. The van der Waals surface area contributed by atoms with Gasteiger partial charge in [0.2, 0.25) is 22.1 Å². The summed E-state index contributed by atoms with van der Waals surface area (Å²) in [5, 5.41) is 14.2. The van der Waals surface area contributed by atoms with E-state index in [9.17, 15) is 39.6 Å². The van der Waals surface area contributed by atoms with Crippen molar-refractivity contribution in [2.45, 2.75) is 66.5 Å². The summed E-state index contributed by atoms with van der Waals surface area (Å²) in [5.74, 6) is 0.309. The van der Waals surface area contributed by atoms with Gasteiger partial charge in [0.15, 0.2) is 0 Å². The number of nitrogens with one attached hydrogen (secondary N) is 4. The van der Waals surface area contributed by atoms with Crippen molar-refractivity contribution < 1.29 is 48.2 Å². The van der Waals surface area contributed by atoms with E-state index in [2.05, 4.69) is 63.8 Å². The number of amides is 3. The first-order valence-corrected chi connectivity index (χ1v) is 41.0. The number of piperazine rings is 3. The first-order valence-electron chi connectivity index (χ1n) is 34.2. The smallest absolute Gasteiger partial charge is 0.263 e. The molecule has 12 aromatic rings. The number of para-hydroxylation sites is 3. The van der Waals surface area contributed by atoms with Crippen LogP contribution >= 0.6 is 46.1 Å². The zero-order valence-corrected chi connectivity index (χ0v) is 63.8. The second kappa shape index (κ2) is 32.8. The maximum Gasteiger partial charge on any atom is 0.263 e. The highest BCUT2D eigenvalue weighted by Crippen LogP contribution is 2.32. The highest BCUT2D eigenvalue weighted by atomic mass is 35.5. The molecule has 0 spiro atoms. The maximum absolute atomic E-state index is 13.2. The molecule has 3 aliphatic heterocycles. The third-order valence-electron chi connectivity index (χ3n) is 18.8. The van der Waals surface area contributed by atoms with Crippen molar-refractivity contribution in [2.75, 3.05) is 101 Å². The number of anilines is 6. The Kier molecular flexibility index (Phi) is 23.0. The molecule has 6 aromatic carbocycles. The van der Waals surface area contributed by atoms with Gasteiger partial charge < -0.3 is 38.2 Å². The van der Waals surface area contributed by atoms with Crippen molar-refractivity contribution in [3.8, 4) is 0 Å². The minimum absolute atomic E-state index is 0. The quantitative estimate of drug-likeness (QED) is 0.0551. The van der Waals surface area contributed by atoms with Gasteiger partial charge in [-0.2, -0.15) is 4.37 Å². The van der Waals surface area contributed by atoms with Crippen LogP contribution < -0.4 is 34.3 Å². The predicted molar refractivity (Wildman–Crippen MR) is 430 cm³/mol. The van der Waals surface area contributed by atoms with E-state index in [1.807, 2.05) is 147 Å². The van der Waals surface area contributed by atoms with Gasteiger partial charge in [0, 0.05) is 169 Å². The van der Waals surface area contributed by atoms with Crippen LogP contribution in [0.2, 0.25) is 10.0 Å². The van der Waals surface area contributed by atoms with Crippen LogP contribution in [0.1, 0.15) is 47.8 Å². The van der Waals surface area contributed by atoms with E-state index in [-0.39, 0.29) is 75.2 Å². The molecule has 568 valence electrons. The first kappa shape index (κ1) is 75.0. The number of carbonyl (C=O) groups is 3. The minimum Gasteiger partial charge on any atom is -0.369 e. The summed E-state index contributed by atoms with van der Waals surface area (Å²) in [6, 6.07) is 46.5. The van der Waals surface area contributed by atoms with Gasteiger partial charge in [0.05, 0.1) is 35.8 Å². The van der Waals surface area contributed by atoms with Gasteiger partial charge in [-0.25, -0.2) is 45.2 Å². The van der Waals surface area contributed by atoms with Gasteiger partial charge in [0.25, 0.3) is 36.0 Å². The number of halogens is 2. The van der Waals surface area contributed by atoms with Crippen molar-refractivity contribution in [2.24, 2.45) is 0 Å². The Hall–Kier alpha value is -10.3. The standard InChI is InChI=1S/C26H27ClN6O3S.C23H23ClN6O3S2.C23H25N7O3S2.6H2/c1-19-17-32(21-5-7-22(8-6-21)37(35,36)30-24-9-12-28-18-29-24)15-16-33(19)25(34)11-14-31-13-10-20-3-2-4-23(27)26(20)31;1-16(30-10-9-17-3-2-4-20(24)21(17)30)22(31)29-13-11-28(12-14-29)18-5-7-19(8-6-18)35(32,33)27-23-26-25-15-34-23;1-17(30-11-10-18-4-2-3-5-21(18)30)22(31)26-29-14-12-28(13-15-29)19-6-8-20(9-7-19)35(32,33)27-23-24-16-25-34-23;;;;;;/h2-10,12-13,18-19H,11,14-17H2,1H3,(H,28,29,30);2-10,15-16H,11-14H2,1H3,(H,26,27);2-11,16-17H,12-15H2,1H3,(H,26,31)(H,24,25,27);6*1H/t19-;;17-;;;;;;/m1.0....../s1. The van der Waals surface area contributed by atoms with Crippen molar-refractivity contribution in [3.63, 3.8) is 0 Å². The average Bonchev–Trinajstić information content (AvgIpc) is 1.71. The van der Waals surface area contributed by atoms with Crippen LogP contribution in [0.15, 0.2) is 215 Å². The number of fused-ring (bicyclic) bond motifs is 3. The number of hydrazine groups is 1. The van der Waals surface area contributed by atoms with Crippen molar-refractivity contribution >= 4 is 160 Å². The summed E-state index contributed by atoms with van der Waals surface area (Å²) in [5.41, 5.74) is 10.1. The van der Waals surface area contributed by atoms with Gasteiger partial charge in [-0.15, -0.1) is 10.2 Å². The van der Waals surface area contributed by atoms with Crippen LogP contribution in [-0.2, 0) is 51.0 Å². The molecule has 0 aliphatic carbocycles. The topological polar surface area (TPSA) is 313 Å². The molecule has 35 heteroatoms. The number of hydrogen-bond donors (Lipinski definition) is 4. The Morgan fingerprint density at radius 1 is 0.561 bits per heavy atom. The largest absolute Gasteiger partial charge is 0.369 e. The molecule has 28 nitrogen and oxygen atoms in total. The van der Waals surface area contributed by atoms with E-state index in [1.54, 1.807) is 72.8 Å². The summed E-state index contributed by atoms with van der Waals surface area (Å²) in [6.07, 6.45) is 10.3. The van der Waals surface area contributed by atoms with Crippen molar-refractivity contribution in [3.05, 3.63) is 211 Å². The van der Waals surface area contributed by atoms with Gasteiger partial charge in [-0.3, -0.25) is 34.0 Å². The van der Waals surface area contributed by atoms with E-state index in [1.165, 1.54) is 30.4 Å². The van der Waals surface area contributed by atoms with Crippen LogP contribution in [0.3, 0.4) is 0 Å². The number of sulfonamides is 3. The summed E-state index contributed by atoms with van der Waals surface area (Å²) < 4.78 is 92.4. The molecule has 3 atom stereocenters. The molecule has 3 aliphatic rings. The number of aromatic nitrogens is 9. The Balaban J connectivity index is 0.000000229. The summed E-state index contributed by atoms with van der Waals surface area (Å²) >= 11 is 14.9. The fraction of sp³-hybridized carbons (Fsp3) is 0.264. The zero-order chi connectivity index (χ0) is 75.0. The maximum atomic E-state index is 13.2. The molecule has 3 amide bonds. The molecule has 3 fully saturated rings. The first-order chi connectivity index (χ1) is 51.5. The SMILES string of the molecule is CC(C(=O)N1CCN(c2ccc(S(=O)(=O)Nc3nncs3)cc2)CC1)n1ccc2cccc(Cl)c21.C[C@@H](C(=O)NN1CCN(c2ccc(S(=O)(=O)Nc3ncns3)cc2)CC1)n1ccc2ccccc21.C[C@@H]1CN(c2ccc(S(=O)(=O)Nc3ccncn3)cc2)CCN1C(=O)CCn1ccc2cccc(Cl)c21.[HH].[HH].[HH].[HH].[HH].[HH]. The highest BCUT2D eigenvalue weighted by molar-refractivity contribution is 7.93. The Labute approximate surface area is 645 Å². The van der Waals surface area contributed by atoms with E-state index in [0.29, 0.717) is 95.0 Å². The third kappa shape index (κ3) is 17.6. The van der Waals surface area contributed by atoms with E-state index in [4.69, 9.17) is 23.2 Å². The summed E-state index contributed by atoms with van der Waals surface area (Å²) in [4.78, 5) is 61.5. The molecule has 6 aromatic heterocycles. The van der Waals surface area contributed by atoms with E-state index < -0.39 is 30.1 Å². The number of rotatable bonds is 20. The Bertz CT molecular complexity index is 5470. The second-order valence-corrected chi connectivity index (χ2v) is 33.0. The van der Waals surface area contributed by atoms with Gasteiger partial charge >= 0.3 is 0 Å². The monoisotopic (exact) mass is 1590 g/mol. The van der Waals surface area contributed by atoms with E-state index in [0.717, 1.165) is 72.6 Å². The molecule has 4 N–H and O–H groups in total. The van der Waals surface area contributed by atoms with E-state index >= 15 is 0 Å². The lowest BCUT2D eigenvalue weighted by Crippen LogP contribution is -2.54. The third-order valence-corrected chi connectivity index (χ3v) is 24.9. The predicted octanol–water partition coefficient (Wildman–Crippen LogP) is 12.1. The Morgan fingerprint density at radius 3 is 1.71 bits per heavy atom. The van der Waals surface area contributed by atoms with Crippen LogP contribution in [-0.4, -0.2) is 179 Å². The highest BCUT2D eigenvalue weighted by Gasteiger charge is 2.31. The number of carbonyl (C=O) groups excluding carboxylic acids is 3. The van der Waals surface area contributed by atoms with Crippen LogP contribution in [0.5, 0.6) is 0 Å². The molecule has 0 radical (unpaired) electrons. The molecule has 3 saturated heterocycles. The molecule has 107 heavy (non-hydrogen) atoms. The molecular weight excluding hydrogens is 1510 g/mol. The number of hydrogen-bond acceptors (Lipinski definition) is 21. The van der Waals surface area contributed by atoms with Crippen LogP contribution in [0.25, 0.3) is 32.7 Å². The van der Waals surface area contributed by atoms with Gasteiger partial charge in [-0.1, -0.05) is 77.0 Å². The van der Waals surface area contributed by atoms with Gasteiger partial charge in [-0.05, 0) is 141 Å². The number of benzene rings is 6.